The molecule has 0 bridgehead atoms. The molecule has 1 N–H and O–H groups in total. The van der Waals surface area contributed by atoms with E-state index < -0.39 is 17.7 Å². The smallest absolute Gasteiger partial charge is 0.301 e. The van der Waals surface area contributed by atoms with Gasteiger partial charge in [-0.25, -0.2) is 4.98 Å². The number of ketones is 1. The molecule has 5 rings (SSSR count). The van der Waals surface area contributed by atoms with Gasteiger partial charge in [0.15, 0.2) is 17.3 Å². The molecule has 1 aliphatic rings. The fourth-order valence-corrected chi connectivity index (χ4v) is 5.38. The van der Waals surface area contributed by atoms with Gasteiger partial charge in [0, 0.05) is 6.20 Å². The number of aromatic nitrogens is 4. The van der Waals surface area contributed by atoms with Gasteiger partial charge < -0.3 is 14.6 Å². The molecule has 39 heavy (non-hydrogen) atoms. The Bertz CT molecular complexity index is 1590. The number of fused-ring (bicyclic) bond motifs is 1. The highest BCUT2D eigenvalue weighted by molar-refractivity contribution is 7.15. The highest BCUT2D eigenvalue weighted by atomic mass is 32.1. The van der Waals surface area contributed by atoms with E-state index in [2.05, 4.69) is 22.1 Å². The normalized spacial score (nSPS) is 16.8. The number of nitrogens with zero attached hydrogens (tertiary/aromatic N) is 5. The molecule has 1 fully saturated rings. The first-order chi connectivity index (χ1) is 18.8. The number of carbonyl (C=O) groups excluding carboxylic acids is 2. The van der Waals surface area contributed by atoms with Crippen molar-refractivity contribution in [3.05, 3.63) is 70.1 Å². The van der Waals surface area contributed by atoms with Crippen LogP contribution in [0.3, 0.4) is 0 Å². The number of rotatable bonds is 9. The van der Waals surface area contributed by atoms with E-state index in [4.69, 9.17) is 9.47 Å². The Kier molecular flexibility index (Phi) is 7.34. The van der Waals surface area contributed by atoms with Crippen LogP contribution in [-0.4, -0.2) is 49.6 Å². The second-order valence-electron chi connectivity index (χ2n) is 9.09. The maximum Gasteiger partial charge on any atom is 0.301 e. The molecule has 1 aliphatic heterocycles. The van der Waals surface area contributed by atoms with Crippen LogP contribution in [-0.2, 0) is 9.59 Å². The number of hydrogen-bond acceptors (Lipinski definition) is 9. The number of Topliss-reactive ketones (excluding diaryl/α,β-unsaturated/α-hetero) is 1. The second kappa shape index (κ2) is 10.9. The van der Waals surface area contributed by atoms with Crippen LogP contribution in [0.2, 0.25) is 0 Å². The van der Waals surface area contributed by atoms with Crippen molar-refractivity contribution in [1.29, 1.82) is 0 Å². The molecular weight excluding hydrogens is 518 g/mol. The molecule has 4 heterocycles. The van der Waals surface area contributed by atoms with E-state index in [0.717, 1.165) is 12.8 Å². The summed E-state index contributed by atoms with van der Waals surface area (Å²) in [5.41, 5.74) is 1.95. The minimum atomic E-state index is -0.977. The van der Waals surface area contributed by atoms with Crippen molar-refractivity contribution in [2.75, 3.05) is 18.1 Å². The van der Waals surface area contributed by atoms with Crippen LogP contribution in [0.4, 0.5) is 5.13 Å². The highest BCUT2D eigenvalue weighted by Gasteiger charge is 2.49. The van der Waals surface area contributed by atoms with Gasteiger partial charge in [0.2, 0.25) is 5.13 Å². The van der Waals surface area contributed by atoms with Crippen LogP contribution in [0.1, 0.15) is 54.7 Å². The van der Waals surface area contributed by atoms with E-state index in [1.807, 2.05) is 13.0 Å². The Balaban J connectivity index is 1.71. The summed E-state index contributed by atoms with van der Waals surface area (Å²) >= 11 is 1.19. The van der Waals surface area contributed by atoms with Crippen molar-refractivity contribution in [2.45, 2.75) is 46.6 Å². The van der Waals surface area contributed by atoms with Gasteiger partial charge in [-0.1, -0.05) is 36.8 Å². The van der Waals surface area contributed by atoms with Gasteiger partial charge in [0.25, 0.3) is 5.78 Å². The zero-order valence-electron chi connectivity index (χ0n) is 22.2. The average molecular weight is 548 g/mol. The van der Waals surface area contributed by atoms with Gasteiger partial charge in [-0.05, 0) is 57.0 Å². The molecule has 0 radical (unpaired) electrons. The Morgan fingerprint density at radius 1 is 1.08 bits per heavy atom. The van der Waals surface area contributed by atoms with E-state index in [1.165, 1.54) is 16.2 Å². The highest BCUT2D eigenvalue weighted by Crippen LogP contribution is 2.45. The van der Waals surface area contributed by atoms with Crippen molar-refractivity contribution < 1.29 is 24.2 Å². The van der Waals surface area contributed by atoms with Crippen LogP contribution in [0.5, 0.6) is 11.5 Å². The number of pyridine rings is 1. The Hall–Kier alpha value is -4.25. The van der Waals surface area contributed by atoms with Crippen LogP contribution in [0.25, 0.3) is 11.4 Å². The largest absolute Gasteiger partial charge is 0.505 e. The van der Waals surface area contributed by atoms with Crippen LogP contribution < -0.4 is 14.4 Å². The van der Waals surface area contributed by atoms with Gasteiger partial charge in [0.05, 0.1) is 30.5 Å². The zero-order chi connectivity index (χ0) is 27.7. The molecule has 10 nitrogen and oxygen atoms in total. The predicted molar refractivity (Wildman–Crippen MR) is 147 cm³/mol. The van der Waals surface area contributed by atoms with Crippen molar-refractivity contribution >= 4 is 39.6 Å². The maximum atomic E-state index is 13.6. The fraction of sp³-hybridized carbons (Fsp3) is 0.321. The number of benzene rings is 1. The topological polar surface area (TPSA) is 119 Å². The lowest BCUT2D eigenvalue weighted by Crippen LogP contribution is -2.29. The van der Waals surface area contributed by atoms with E-state index in [0.29, 0.717) is 52.3 Å². The fourth-order valence-electron chi connectivity index (χ4n) is 4.66. The summed E-state index contributed by atoms with van der Waals surface area (Å²) in [5.74, 6) is -0.895. The van der Waals surface area contributed by atoms with E-state index in [-0.39, 0.29) is 16.5 Å². The monoisotopic (exact) mass is 547 g/mol. The SMILES string of the molecule is CCCCOc1ccc(C2/C(=C(\O)c3c(C)nc4ccccn34)C(=O)C(=O)N2c2nnc(C)s2)cc1OCC. The third-order valence-electron chi connectivity index (χ3n) is 6.43. The second-order valence-corrected chi connectivity index (χ2v) is 10.2. The summed E-state index contributed by atoms with van der Waals surface area (Å²) in [4.78, 5) is 32.9. The van der Waals surface area contributed by atoms with E-state index >= 15 is 0 Å². The molecule has 0 saturated carbocycles. The summed E-state index contributed by atoms with van der Waals surface area (Å²) in [5, 5.41) is 20.8. The molecule has 0 aliphatic carbocycles. The average Bonchev–Trinajstić information content (AvgIpc) is 3.57. The molecular formula is C28H29N5O5S. The van der Waals surface area contributed by atoms with E-state index in [9.17, 15) is 14.7 Å². The molecule has 1 unspecified atom stereocenters. The molecule has 0 spiro atoms. The van der Waals surface area contributed by atoms with Gasteiger partial charge in [0.1, 0.15) is 16.3 Å². The van der Waals surface area contributed by atoms with Crippen molar-refractivity contribution in [2.24, 2.45) is 0 Å². The summed E-state index contributed by atoms with van der Waals surface area (Å²) in [6.45, 7) is 8.39. The zero-order valence-corrected chi connectivity index (χ0v) is 23.0. The lowest BCUT2D eigenvalue weighted by molar-refractivity contribution is -0.132. The van der Waals surface area contributed by atoms with Gasteiger partial charge >= 0.3 is 5.91 Å². The number of anilines is 1. The minimum Gasteiger partial charge on any atom is -0.505 e. The number of aliphatic hydroxyl groups is 1. The van der Waals surface area contributed by atoms with Gasteiger partial charge in [-0.2, -0.15) is 0 Å². The number of ether oxygens (including phenoxy) is 2. The molecule has 4 aromatic rings. The number of imidazole rings is 1. The lowest BCUT2D eigenvalue weighted by Gasteiger charge is -2.23. The predicted octanol–water partition coefficient (Wildman–Crippen LogP) is 5.01. The first-order valence-corrected chi connectivity index (χ1v) is 13.6. The Morgan fingerprint density at radius 3 is 2.62 bits per heavy atom. The first-order valence-electron chi connectivity index (χ1n) is 12.8. The summed E-state index contributed by atoms with van der Waals surface area (Å²) in [6.07, 6.45) is 3.63. The first kappa shape index (κ1) is 26.4. The Labute approximate surface area is 229 Å². The third kappa shape index (κ3) is 4.74. The molecule has 3 aromatic heterocycles. The number of aliphatic hydroxyl groups excluding tert-OH is 1. The number of hydrogen-bond donors (Lipinski definition) is 1. The molecule has 1 atom stereocenters. The van der Waals surface area contributed by atoms with Crippen molar-refractivity contribution in [3.8, 4) is 11.5 Å². The molecule has 202 valence electrons. The Morgan fingerprint density at radius 2 is 1.90 bits per heavy atom. The third-order valence-corrected chi connectivity index (χ3v) is 7.27. The van der Waals surface area contributed by atoms with Gasteiger partial charge in [-0.3, -0.25) is 18.9 Å². The summed E-state index contributed by atoms with van der Waals surface area (Å²) < 4.78 is 13.5. The number of carbonyl (C=O) groups is 2. The van der Waals surface area contributed by atoms with Crippen molar-refractivity contribution in [3.63, 3.8) is 0 Å². The van der Waals surface area contributed by atoms with E-state index in [1.54, 1.807) is 54.8 Å². The lowest BCUT2D eigenvalue weighted by atomic mass is 9.96. The summed E-state index contributed by atoms with van der Waals surface area (Å²) in [7, 11) is 0. The van der Waals surface area contributed by atoms with Crippen molar-refractivity contribution in [1.82, 2.24) is 19.6 Å². The maximum absolute atomic E-state index is 13.6. The summed E-state index contributed by atoms with van der Waals surface area (Å²) in [6, 6.07) is 9.75. The number of amides is 1. The van der Waals surface area contributed by atoms with Gasteiger partial charge in [-0.15, -0.1) is 10.2 Å². The number of unbranched alkanes of at least 4 members (excludes halogenated alkanes) is 1. The molecule has 11 heteroatoms. The molecule has 1 aromatic carbocycles. The number of aryl methyl sites for hydroxylation is 2. The van der Waals surface area contributed by atoms with Crippen LogP contribution in [0.15, 0.2) is 48.2 Å². The van der Waals surface area contributed by atoms with Crippen LogP contribution in [0, 0.1) is 13.8 Å². The molecule has 1 saturated heterocycles. The van der Waals surface area contributed by atoms with Crippen LogP contribution >= 0.6 is 11.3 Å². The standard InChI is InChI=1S/C28H29N5O5S/c1-5-7-14-38-19-12-11-18(15-20(19)37-6-2)24-22(26(35)27(36)33(24)28-31-30-17(4)39-28)25(34)23-16(3)29-21-10-8-9-13-32(21)23/h8-13,15,24,34H,5-7,14H2,1-4H3/b25-22+. The molecule has 1 amide bonds. The quantitative estimate of drug-likeness (QED) is 0.134. The minimum absolute atomic E-state index is 0.0660.